The number of aromatic nitrogens is 4. The fourth-order valence-electron chi connectivity index (χ4n) is 2.02. The van der Waals surface area contributed by atoms with Gasteiger partial charge in [0.25, 0.3) is 0 Å². The fourth-order valence-corrected chi connectivity index (χ4v) is 2.02. The van der Waals surface area contributed by atoms with Gasteiger partial charge in [-0.1, -0.05) is 18.2 Å². The molecule has 0 saturated heterocycles. The van der Waals surface area contributed by atoms with Crippen molar-refractivity contribution >= 4 is 22.6 Å². The highest BCUT2D eigenvalue weighted by molar-refractivity contribution is 5.99. The van der Waals surface area contributed by atoms with E-state index in [9.17, 15) is 4.79 Å². The number of benzene rings is 1. The number of amides is 2. The van der Waals surface area contributed by atoms with E-state index in [1.807, 2.05) is 30.3 Å². The van der Waals surface area contributed by atoms with Gasteiger partial charge in [0.15, 0.2) is 0 Å². The van der Waals surface area contributed by atoms with Gasteiger partial charge >= 0.3 is 6.03 Å². The van der Waals surface area contributed by atoms with Gasteiger partial charge in [0.2, 0.25) is 0 Å². The van der Waals surface area contributed by atoms with Crippen LogP contribution in [0.4, 0.5) is 10.5 Å². The number of anilines is 1. The molecule has 3 aromatic rings. The van der Waals surface area contributed by atoms with Crippen LogP contribution in [0.15, 0.2) is 42.9 Å². The lowest BCUT2D eigenvalue weighted by Gasteiger charge is -2.08. The van der Waals surface area contributed by atoms with Crippen molar-refractivity contribution in [1.29, 1.82) is 0 Å². The fraction of sp³-hybridized carbons (Fsp3) is 0.143. The van der Waals surface area contributed by atoms with Crippen LogP contribution in [0.5, 0.6) is 0 Å². The summed E-state index contributed by atoms with van der Waals surface area (Å²) in [5.41, 5.74) is 1.45. The Hall–Kier alpha value is -2.96. The number of rotatable bonds is 4. The Kier molecular flexibility index (Phi) is 3.72. The van der Waals surface area contributed by atoms with Crippen LogP contribution in [0.25, 0.3) is 10.9 Å². The summed E-state index contributed by atoms with van der Waals surface area (Å²) >= 11 is 0. The predicted molar refractivity (Wildman–Crippen MR) is 78.9 cm³/mol. The average molecular weight is 282 g/mol. The molecule has 1 aromatic carbocycles. The third-order valence-electron chi connectivity index (χ3n) is 2.99. The normalized spacial score (nSPS) is 10.5. The molecule has 0 bridgehead atoms. The van der Waals surface area contributed by atoms with Gasteiger partial charge in [0.1, 0.15) is 12.2 Å². The number of nitrogens with zero attached hydrogens (tertiary/aromatic N) is 3. The summed E-state index contributed by atoms with van der Waals surface area (Å²) in [6.07, 6.45) is 3.74. The molecule has 2 heterocycles. The Labute approximate surface area is 120 Å². The molecule has 2 aromatic heterocycles. The topological polar surface area (TPSA) is 95.6 Å². The SMILES string of the molecule is O=C(NCCc1ncn[nH]1)Nc1cccc2cccnc12. The zero-order chi connectivity index (χ0) is 14.5. The second kappa shape index (κ2) is 6.00. The number of para-hydroxylation sites is 1. The summed E-state index contributed by atoms with van der Waals surface area (Å²) in [5, 5.41) is 13.0. The summed E-state index contributed by atoms with van der Waals surface area (Å²) in [4.78, 5) is 20.2. The lowest BCUT2D eigenvalue weighted by Crippen LogP contribution is -2.30. The lowest BCUT2D eigenvalue weighted by atomic mass is 10.2. The van der Waals surface area contributed by atoms with Gasteiger partial charge in [-0.15, -0.1) is 0 Å². The van der Waals surface area contributed by atoms with E-state index in [0.717, 1.165) is 16.7 Å². The minimum Gasteiger partial charge on any atom is -0.337 e. The number of fused-ring (bicyclic) bond motifs is 1. The summed E-state index contributed by atoms with van der Waals surface area (Å²) in [7, 11) is 0. The van der Waals surface area contributed by atoms with Crippen LogP contribution in [0.1, 0.15) is 5.82 Å². The van der Waals surface area contributed by atoms with E-state index < -0.39 is 0 Å². The van der Waals surface area contributed by atoms with Crippen molar-refractivity contribution in [2.75, 3.05) is 11.9 Å². The first kappa shape index (κ1) is 13.0. The lowest BCUT2D eigenvalue weighted by molar-refractivity contribution is 0.252. The number of pyridine rings is 1. The number of aromatic amines is 1. The third kappa shape index (κ3) is 3.14. The van der Waals surface area contributed by atoms with E-state index in [0.29, 0.717) is 18.7 Å². The molecule has 3 N–H and O–H groups in total. The molecular weight excluding hydrogens is 268 g/mol. The minimum absolute atomic E-state index is 0.271. The first-order valence-corrected chi connectivity index (χ1v) is 6.56. The maximum atomic E-state index is 11.9. The number of urea groups is 1. The highest BCUT2D eigenvalue weighted by Crippen LogP contribution is 2.20. The molecule has 0 fully saturated rings. The summed E-state index contributed by atoms with van der Waals surface area (Å²) in [6.45, 7) is 0.471. The number of hydrogen-bond acceptors (Lipinski definition) is 4. The molecule has 0 saturated carbocycles. The van der Waals surface area contributed by atoms with Gasteiger partial charge in [0.05, 0.1) is 11.2 Å². The van der Waals surface area contributed by atoms with E-state index >= 15 is 0 Å². The van der Waals surface area contributed by atoms with Crippen LogP contribution in [-0.2, 0) is 6.42 Å². The van der Waals surface area contributed by atoms with Crippen LogP contribution < -0.4 is 10.6 Å². The number of H-pyrrole nitrogens is 1. The van der Waals surface area contributed by atoms with E-state index in [4.69, 9.17) is 0 Å². The summed E-state index contributed by atoms with van der Waals surface area (Å²) in [5.74, 6) is 0.738. The van der Waals surface area contributed by atoms with Crippen LogP contribution in [0.3, 0.4) is 0 Å². The summed E-state index contributed by atoms with van der Waals surface area (Å²) in [6, 6.07) is 9.21. The Morgan fingerprint density at radius 1 is 1.19 bits per heavy atom. The molecule has 2 amide bonds. The van der Waals surface area contributed by atoms with E-state index in [1.165, 1.54) is 6.33 Å². The molecule has 7 heteroatoms. The number of hydrogen-bond donors (Lipinski definition) is 3. The van der Waals surface area contributed by atoms with Gasteiger partial charge in [-0.3, -0.25) is 10.1 Å². The van der Waals surface area contributed by atoms with Crippen molar-refractivity contribution in [1.82, 2.24) is 25.5 Å². The molecule has 0 unspecified atom stereocenters. The monoisotopic (exact) mass is 282 g/mol. The van der Waals surface area contributed by atoms with Gasteiger partial charge in [-0.25, -0.2) is 9.78 Å². The van der Waals surface area contributed by atoms with E-state index in [-0.39, 0.29) is 6.03 Å². The van der Waals surface area contributed by atoms with Crippen molar-refractivity contribution in [3.63, 3.8) is 0 Å². The first-order valence-electron chi connectivity index (χ1n) is 6.56. The molecule has 21 heavy (non-hydrogen) atoms. The van der Waals surface area contributed by atoms with Crippen LogP contribution in [0.2, 0.25) is 0 Å². The molecule has 0 radical (unpaired) electrons. The Balaban J connectivity index is 1.61. The Bertz CT molecular complexity index is 735. The highest BCUT2D eigenvalue weighted by atomic mass is 16.2. The Morgan fingerprint density at radius 3 is 2.95 bits per heavy atom. The van der Waals surface area contributed by atoms with Gasteiger partial charge in [-0.05, 0) is 12.1 Å². The van der Waals surface area contributed by atoms with Crippen molar-refractivity contribution in [3.8, 4) is 0 Å². The second-order valence-corrected chi connectivity index (χ2v) is 4.44. The molecule has 0 spiro atoms. The van der Waals surface area contributed by atoms with Crippen molar-refractivity contribution < 1.29 is 4.79 Å². The molecule has 0 aliphatic rings. The summed E-state index contributed by atoms with van der Waals surface area (Å²) < 4.78 is 0. The van der Waals surface area contributed by atoms with Gasteiger partial charge in [-0.2, -0.15) is 5.10 Å². The average Bonchev–Trinajstić information content (AvgIpc) is 3.01. The molecule has 0 atom stereocenters. The van der Waals surface area contributed by atoms with Crippen molar-refractivity contribution in [3.05, 3.63) is 48.7 Å². The quantitative estimate of drug-likeness (QED) is 0.679. The number of carbonyl (C=O) groups excluding carboxylic acids is 1. The van der Waals surface area contributed by atoms with Crippen LogP contribution in [0, 0.1) is 0 Å². The van der Waals surface area contributed by atoms with Gasteiger partial charge < -0.3 is 10.6 Å². The molecule has 106 valence electrons. The molecule has 3 rings (SSSR count). The highest BCUT2D eigenvalue weighted by Gasteiger charge is 2.06. The zero-order valence-electron chi connectivity index (χ0n) is 11.2. The smallest absolute Gasteiger partial charge is 0.319 e. The minimum atomic E-state index is -0.271. The van der Waals surface area contributed by atoms with E-state index in [2.05, 4.69) is 30.8 Å². The Morgan fingerprint density at radius 2 is 2.10 bits per heavy atom. The zero-order valence-corrected chi connectivity index (χ0v) is 11.2. The standard InChI is InChI=1S/C14H14N6O/c21-14(16-8-6-12-17-9-18-20-12)19-11-5-1-3-10-4-2-7-15-13(10)11/h1-5,7,9H,6,8H2,(H2,16,19,21)(H,17,18,20). The maximum absolute atomic E-state index is 11.9. The van der Waals surface area contributed by atoms with Crippen LogP contribution >= 0.6 is 0 Å². The number of carbonyl (C=O) groups is 1. The number of nitrogens with one attached hydrogen (secondary N) is 3. The molecule has 7 nitrogen and oxygen atoms in total. The molecular formula is C14H14N6O. The third-order valence-corrected chi connectivity index (χ3v) is 2.99. The van der Waals surface area contributed by atoms with Crippen LogP contribution in [-0.4, -0.2) is 32.7 Å². The second-order valence-electron chi connectivity index (χ2n) is 4.44. The molecule has 0 aliphatic heterocycles. The first-order chi connectivity index (χ1) is 10.3. The van der Waals surface area contributed by atoms with Crippen molar-refractivity contribution in [2.45, 2.75) is 6.42 Å². The van der Waals surface area contributed by atoms with Crippen molar-refractivity contribution in [2.24, 2.45) is 0 Å². The largest absolute Gasteiger partial charge is 0.337 e. The van der Waals surface area contributed by atoms with E-state index in [1.54, 1.807) is 6.20 Å². The van der Waals surface area contributed by atoms with Gasteiger partial charge in [0, 0.05) is 24.5 Å². The predicted octanol–water partition coefficient (Wildman–Crippen LogP) is 1.72. The maximum Gasteiger partial charge on any atom is 0.319 e. The molecule has 0 aliphatic carbocycles.